The van der Waals surface area contributed by atoms with Crippen LogP contribution in [-0.4, -0.2) is 30.5 Å². The Morgan fingerprint density at radius 3 is 2.89 bits per heavy atom. The molecule has 5 nitrogen and oxygen atoms in total. The molecule has 98 valence electrons. The van der Waals surface area contributed by atoms with Gasteiger partial charge in [0.2, 0.25) is 0 Å². The van der Waals surface area contributed by atoms with Crippen molar-refractivity contribution in [1.29, 1.82) is 0 Å². The number of hydrogen-bond donors (Lipinski definition) is 0. The number of aryl methyl sites for hydroxylation is 1. The van der Waals surface area contributed by atoms with Crippen molar-refractivity contribution in [2.75, 3.05) is 19.8 Å². The zero-order valence-electron chi connectivity index (χ0n) is 10.7. The quantitative estimate of drug-likeness (QED) is 0.445. The molecule has 0 radical (unpaired) electrons. The molecule has 0 saturated heterocycles. The van der Waals surface area contributed by atoms with Gasteiger partial charge in [-0.3, -0.25) is 4.84 Å². The molecule has 2 rings (SSSR count). The zero-order valence-corrected chi connectivity index (χ0v) is 11.5. The van der Waals surface area contributed by atoms with E-state index in [0.29, 0.717) is 19.8 Å². The maximum atomic E-state index is 5.64. The molecule has 1 atom stereocenters. The normalized spacial score (nSPS) is 19.6. The highest BCUT2D eigenvalue weighted by Gasteiger charge is 2.25. The molecule has 0 N–H and O–H groups in total. The lowest BCUT2D eigenvalue weighted by atomic mass is 10.1. The lowest BCUT2D eigenvalue weighted by Gasteiger charge is -2.19. The maximum absolute atomic E-state index is 5.64. The summed E-state index contributed by atoms with van der Waals surface area (Å²) in [6, 6.07) is 4.21. The van der Waals surface area contributed by atoms with E-state index in [1.54, 1.807) is 4.47 Å². The van der Waals surface area contributed by atoms with Gasteiger partial charge in [-0.1, -0.05) is 4.47 Å². The molecule has 2 heterocycles. The van der Waals surface area contributed by atoms with E-state index in [4.69, 9.17) is 9.57 Å². The molecule has 1 unspecified atom stereocenters. The summed E-state index contributed by atoms with van der Waals surface area (Å²) in [4.78, 5) is 5.64. The Morgan fingerprint density at radius 1 is 1.39 bits per heavy atom. The van der Waals surface area contributed by atoms with Crippen molar-refractivity contribution in [2.24, 2.45) is 11.4 Å². The molecule has 0 aromatic carbocycles. The third kappa shape index (κ3) is 3.52. The molecule has 0 spiro atoms. The molecular weight excluding hydrogens is 250 g/mol. The van der Waals surface area contributed by atoms with Crippen molar-refractivity contribution in [1.82, 2.24) is 4.47 Å². The third-order valence-electron chi connectivity index (χ3n) is 2.55. The van der Waals surface area contributed by atoms with Gasteiger partial charge in [0.1, 0.15) is 13.1 Å². The highest BCUT2D eigenvalue weighted by molar-refractivity contribution is 7.96. The van der Waals surface area contributed by atoms with Crippen LogP contribution in [0.4, 0.5) is 0 Å². The van der Waals surface area contributed by atoms with E-state index in [1.165, 1.54) is 17.7 Å². The van der Waals surface area contributed by atoms with Gasteiger partial charge < -0.3 is 4.74 Å². The summed E-state index contributed by atoms with van der Waals surface area (Å²) < 4.78 is 13.2. The van der Waals surface area contributed by atoms with Gasteiger partial charge in [-0.2, -0.15) is 0 Å². The number of rotatable bonds is 6. The topological polar surface area (TPSA) is 37.9 Å². The van der Waals surface area contributed by atoms with E-state index >= 15 is 0 Å². The molecule has 1 aromatic rings. The molecule has 1 aliphatic heterocycles. The lowest BCUT2D eigenvalue weighted by molar-refractivity contribution is -0.671. The van der Waals surface area contributed by atoms with Gasteiger partial charge in [-0.05, 0) is 12.5 Å². The van der Waals surface area contributed by atoms with Crippen LogP contribution in [0.2, 0.25) is 0 Å². The Hall–Kier alpha value is -0.950. The maximum Gasteiger partial charge on any atom is 0.168 e. The van der Waals surface area contributed by atoms with Crippen molar-refractivity contribution in [2.45, 2.75) is 13.0 Å². The SMILES string of the molecule is CCOCCON1SN=CC1c1cc[n+](C)cc1. The van der Waals surface area contributed by atoms with Gasteiger partial charge in [0.25, 0.3) is 0 Å². The second-order valence-electron chi connectivity index (χ2n) is 3.89. The summed E-state index contributed by atoms with van der Waals surface area (Å²) in [7, 11) is 2.00. The largest absolute Gasteiger partial charge is 0.379 e. The Labute approximate surface area is 112 Å². The Bertz CT molecular complexity index is 397. The summed E-state index contributed by atoms with van der Waals surface area (Å²) in [5.74, 6) is 0. The predicted molar refractivity (Wildman–Crippen MR) is 70.7 cm³/mol. The smallest absolute Gasteiger partial charge is 0.168 e. The number of pyridine rings is 1. The molecule has 1 aliphatic rings. The molecule has 1 aromatic heterocycles. The predicted octanol–water partition coefficient (Wildman–Crippen LogP) is 1.47. The number of hydroxylamine groups is 1. The van der Waals surface area contributed by atoms with Crippen LogP contribution in [0.15, 0.2) is 28.9 Å². The zero-order chi connectivity index (χ0) is 12.8. The minimum atomic E-state index is 0.0674. The fourth-order valence-corrected chi connectivity index (χ4v) is 2.25. The van der Waals surface area contributed by atoms with Crippen LogP contribution in [0.1, 0.15) is 18.5 Å². The first-order valence-electron chi connectivity index (χ1n) is 5.97. The van der Waals surface area contributed by atoms with Crippen molar-refractivity contribution < 1.29 is 14.1 Å². The first-order valence-corrected chi connectivity index (χ1v) is 6.70. The minimum absolute atomic E-state index is 0.0674. The van der Waals surface area contributed by atoms with Crippen LogP contribution < -0.4 is 4.57 Å². The van der Waals surface area contributed by atoms with Gasteiger partial charge in [-0.15, -0.1) is 0 Å². The standard InChI is InChI=1S/C12H18N3O2S/c1-3-16-8-9-17-15-12(10-13-18-15)11-4-6-14(2)7-5-11/h4-7,10,12H,3,8-9H2,1-2H3/q+1. The van der Waals surface area contributed by atoms with E-state index in [9.17, 15) is 0 Å². The van der Waals surface area contributed by atoms with E-state index in [1.807, 2.05) is 37.1 Å². The first kappa shape index (κ1) is 13.5. The molecular formula is C12H18N3O2S+. The van der Waals surface area contributed by atoms with Gasteiger partial charge in [0, 0.05) is 25.0 Å². The minimum Gasteiger partial charge on any atom is -0.379 e. The number of hydrogen-bond acceptors (Lipinski definition) is 5. The Balaban J connectivity index is 1.90. The molecule has 0 fully saturated rings. The average Bonchev–Trinajstić information content (AvgIpc) is 2.84. The van der Waals surface area contributed by atoms with Crippen LogP contribution in [0.3, 0.4) is 0 Å². The van der Waals surface area contributed by atoms with E-state index in [-0.39, 0.29) is 6.04 Å². The van der Waals surface area contributed by atoms with Crippen LogP contribution in [-0.2, 0) is 16.6 Å². The summed E-state index contributed by atoms with van der Waals surface area (Å²) in [5, 5.41) is 0. The second kappa shape index (κ2) is 6.84. The fraction of sp³-hybridized carbons (Fsp3) is 0.500. The second-order valence-corrected chi connectivity index (χ2v) is 4.63. The monoisotopic (exact) mass is 268 g/mol. The number of nitrogens with zero attached hydrogens (tertiary/aromatic N) is 3. The lowest BCUT2D eigenvalue weighted by Crippen LogP contribution is -2.28. The fourth-order valence-electron chi connectivity index (χ4n) is 1.59. The summed E-state index contributed by atoms with van der Waals surface area (Å²) >= 11 is 1.33. The average molecular weight is 268 g/mol. The third-order valence-corrected chi connectivity index (χ3v) is 3.26. The first-order chi connectivity index (χ1) is 8.81. The summed E-state index contributed by atoms with van der Waals surface area (Å²) in [6.07, 6.45) is 5.93. The van der Waals surface area contributed by atoms with Crippen LogP contribution in [0, 0.1) is 0 Å². The molecule has 0 saturated carbocycles. The van der Waals surface area contributed by atoms with E-state index < -0.39 is 0 Å². The molecule has 18 heavy (non-hydrogen) atoms. The van der Waals surface area contributed by atoms with Crippen molar-refractivity contribution in [3.8, 4) is 0 Å². The van der Waals surface area contributed by atoms with Gasteiger partial charge in [0.05, 0.1) is 25.3 Å². The number of ether oxygens (including phenoxy) is 1. The van der Waals surface area contributed by atoms with E-state index in [2.05, 4.69) is 16.5 Å². The molecule has 0 bridgehead atoms. The summed E-state index contributed by atoms with van der Waals surface area (Å²) in [5.41, 5.74) is 1.17. The van der Waals surface area contributed by atoms with Gasteiger partial charge in [-0.25, -0.2) is 8.96 Å². The van der Waals surface area contributed by atoms with Crippen molar-refractivity contribution in [3.05, 3.63) is 30.1 Å². The molecule has 6 heteroatoms. The molecule has 0 aliphatic carbocycles. The molecule has 0 amide bonds. The Morgan fingerprint density at radius 2 is 2.17 bits per heavy atom. The number of aromatic nitrogens is 1. The van der Waals surface area contributed by atoms with Crippen LogP contribution in [0.25, 0.3) is 0 Å². The van der Waals surface area contributed by atoms with Crippen molar-refractivity contribution >= 4 is 18.3 Å². The van der Waals surface area contributed by atoms with E-state index in [0.717, 1.165) is 0 Å². The van der Waals surface area contributed by atoms with Crippen LogP contribution >= 0.6 is 12.1 Å². The highest BCUT2D eigenvalue weighted by atomic mass is 32.2. The Kier molecular flexibility index (Phi) is 5.12. The van der Waals surface area contributed by atoms with Crippen molar-refractivity contribution in [3.63, 3.8) is 0 Å². The van der Waals surface area contributed by atoms with Gasteiger partial charge >= 0.3 is 0 Å². The van der Waals surface area contributed by atoms with Crippen LogP contribution in [0.5, 0.6) is 0 Å². The van der Waals surface area contributed by atoms with Gasteiger partial charge in [0.15, 0.2) is 12.4 Å². The summed E-state index contributed by atoms with van der Waals surface area (Å²) in [6.45, 7) is 3.83. The highest BCUT2D eigenvalue weighted by Crippen LogP contribution is 2.31.